The molecule has 1 nitrogen and oxygen atoms in total. The minimum Gasteiger partial charge on any atom is -0.298 e. The van der Waals surface area contributed by atoms with Gasteiger partial charge in [-0.1, -0.05) is 34.1 Å². The average Bonchev–Trinajstić information content (AvgIpc) is 2.74. The lowest BCUT2D eigenvalue weighted by molar-refractivity contribution is 0.254. The molecule has 0 aromatic heterocycles. The monoisotopic (exact) mass is 285 g/mol. The zero-order valence-corrected chi connectivity index (χ0v) is 11.4. The molecule has 0 bridgehead atoms. The molecule has 0 amide bonds. The van der Waals surface area contributed by atoms with Crippen LogP contribution in [0.3, 0.4) is 0 Å². The molecule has 1 fully saturated rings. The van der Waals surface area contributed by atoms with Gasteiger partial charge in [0.15, 0.2) is 0 Å². The van der Waals surface area contributed by atoms with E-state index in [4.69, 9.17) is 0 Å². The Kier molecular flexibility index (Phi) is 4.12. The van der Waals surface area contributed by atoms with Crippen LogP contribution in [0.4, 0.5) is 0 Å². The average molecular weight is 286 g/mol. The summed E-state index contributed by atoms with van der Waals surface area (Å²) in [6.07, 6.45) is 1.34. The highest BCUT2D eigenvalue weighted by Gasteiger charge is 2.20. The van der Waals surface area contributed by atoms with Crippen LogP contribution < -0.4 is 0 Å². The molecule has 1 aromatic rings. The first-order valence-electron chi connectivity index (χ1n) is 5.29. The predicted molar refractivity (Wildman–Crippen MR) is 71.3 cm³/mol. The summed E-state index contributed by atoms with van der Waals surface area (Å²) < 4.78 is 1.22. The van der Waals surface area contributed by atoms with E-state index in [1.54, 1.807) is 0 Å². The fraction of sp³-hybridized carbons (Fsp3) is 0.500. The lowest BCUT2D eigenvalue weighted by Crippen LogP contribution is -2.30. The second-order valence-corrected chi connectivity index (χ2v) is 6.03. The number of nitrogens with zero attached hydrogens (tertiary/aromatic N) is 1. The Labute approximate surface area is 104 Å². The number of benzene rings is 1. The SMILES string of the molecule is CN(Cc1ccccc1Br)C1CCSC1. The third kappa shape index (κ3) is 2.99. The van der Waals surface area contributed by atoms with E-state index in [1.807, 2.05) is 0 Å². The second kappa shape index (κ2) is 5.37. The van der Waals surface area contributed by atoms with Crippen molar-refractivity contribution in [2.24, 2.45) is 0 Å². The molecule has 2 rings (SSSR count). The highest BCUT2D eigenvalue weighted by molar-refractivity contribution is 9.10. The van der Waals surface area contributed by atoms with Gasteiger partial charge in [0.2, 0.25) is 0 Å². The van der Waals surface area contributed by atoms with Gasteiger partial charge in [-0.15, -0.1) is 0 Å². The Morgan fingerprint density at radius 2 is 2.27 bits per heavy atom. The summed E-state index contributed by atoms with van der Waals surface area (Å²) in [6, 6.07) is 9.26. The van der Waals surface area contributed by atoms with Crippen LogP contribution in [0.15, 0.2) is 28.7 Å². The van der Waals surface area contributed by atoms with Crippen molar-refractivity contribution in [1.29, 1.82) is 0 Å². The number of rotatable bonds is 3. The summed E-state index contributed by atoms with van der Waals surface area (Å²) >= 11 is 5.67. The molecule has 0 radical (unpaired) electrons. The molecule has 1 aliphatic heterocycles. The normalized spacial score (nSPS) is 21.1. The Morgan fingerprint density at radius 3 is 2.93 bits per heavy atom. The van der Waals surface area contributed by atoms with Gasteiger partial charge in [-0.05, 0) is 30.9 Å². The Morgan fingerprint density at radius 1 is 1.47 bits per heavy atom. The van der Waals surface area contributed by atoms with Gasteiger partial charge in [0.1, 0.15) is 0 Å². The summed E-state index contributed by atoms with van der Waals surface area (Å²) in [5, 5.41) is 0. The van der Waals surface area contributed by atoms with Gasteiger partial charge >= 0.3 is 0 Å². The summed E-state index contributed by atoms with van der Waals surface area (Å²) in [4.78, 5) is 2.47. The molecule has 0 aliphatic carbocycles. The standard InChI is InChI=1S/C12H16BrNS/c1-14(11-6-7-15-9-11)8-10-4-2-3-5-12(10)13/h2-5,11H,6-9H2,1H3. The Hall–Kier alpha value is 0.01000. The smallest absolute Gasteiger partial charge is 0.0245 e. The van der Waals surface area contributed by atoms with E-state index in [0.29, 0.717) is 0 Å². The van der Waals surface area contributed by atoms with Crippen molar-refractivity contribution in [3.05, 3.63) is 34.3 Å². The summed E-state index contributed by atoms with van der Waals surface area (Å²) in [5.41, 5.74) is 1.39. The molecule has 1 saturated heterocycles. The maximum Gasteiger partial charge on any atom is 0.0245 e. The van der Waals surface area contributed by atoms with Gasteiger partial charge < -0.3 is 0 Å². The third-order valence-corrected chi connectivity index (χ3v) is 4.83. The minimum absolute atomic E-state index is 0.766. The van der Waals surface area contributed by atoms with E-state index in [1.165, 1.54) is 28.0 Å². The topological polar surface area (TPSA) is 3.24 Å². The zero-order valence-electron chi connectivity index (χ0n) is 8.95. The number of thioether (sulfide) groups is 1. The van der Waals surface area contributed by atoms with E-state index < -0.39 is 0 Å². The van der Waals surface area contributed by atoms with E-state index >= 15 is 0 Å². The van der Waals surface area contributed by atoms with Gasteiger partial charge in [0.05, 0.1) is 0 Å². The zero-order chi connectivity index (χ0) is 10.7. The Bertz CT molecular complexity index is 323. The van der Waals surface area contributed by atoms with Gasteiger partial charge in [-0.25, -0.2) is 0 Å². The van der Waals surface area contributed by atoms with Crippen LogP contribution >= 0.6 is 27.7 Å². The third-order valence-electron chi connectivity index (χ3n) is 2.91. The van der Waals surface area contributed by atoms with Gasteiger partial charge in [0.25, 0.3) is 0 Å². The van der Waals surface area contributed by atoms with Gasteiger partial charge in [0, 0.05) is 22.8 Å². The molecule has 1 aromatic carbocycles. The fourth-order valence-corrected chi connectivity index (χ4v) is 3.60. The largest absolute Gasteiger partial charge is 0.298 e. The maximum atomic E-state index is 3.60. The molecule has 0 N–H and O–H groups in total. The van der Waals surface area contributed by atoms with Crippen LogP contribution in [-0.2, 0) is 6.54 Å². The lowest BCUT2D eigenvalue weighted by atomic mass is 10.1. The van der Waals surface area contributed by atoms with Crippen molar-refractivity contribution < 1.29 is 0 Å². The molecule has 0 saturated carbocycles. The summed E-state index contributed by atoms with van der Waals surface area (Å²) in [6.45, 7) is 1.05. The molecule has 1 aliphatic rings. The number of halogens is 1. The predicted octanol–water partition coefficient (Wildman–Crippen LogP) is 3.39. The first-order chi connectivity index (χ1) is 7.27. The van der Waals surface area contributed by atoms with Crippen molar-refractivity contribution in [3.63, 3.8) is 0 Å². The molecule has 1 atom stereocenters. The molecule has 3 heteroatoms. The van der Waals surface area contributed by atoms with Gasteiger partial charge in [-0.3, -0.25) is 4.90 Å². The van der Waals surface area contributed by atoms with Crippen LogP contribution in [0.2, 0.25) is 0 Å². The van der Waals surface area contributed by atoms with E-state index in [9.17, 15) is 0 Å². The first-order valence-corrected chi connectivity index (χ1v) is 7.23. The van der Waals surface area contributed by atoms with Crippen LogP contribution in [0.25, 0.3) is 0 Å². The van der Waals surface area contributed by atoms with Crippen molar-refractivity contribution in [2.45, 2.75) is 19.0 Å². The van der Waals surface area contributed by atoms with Crippen LogP contribution in [-0.4, -0.2) is 29.5 Å². The fourth-order valence-electron chi connectivity index (χ4n) is 1.89. The summed E-state index contributed by atoms with van der Waals surface area (Å²) in [5.74, 6) is 2.62. The molecule has 1 heterocycles. The molecule has 1 unspecified atom stereocenters. The second-order valence-electron chi connectivity index (χ2n) is 4.02. The molecular formula is C12H16BrNS. The highest BCUT2D eigenvalue weighted by atomic mass is 79.9. The summed E-state index contributed by atoms with van der Waals surface area (Å²) in [7, 11) is 2.23. The van der Waals surface area contributed by atoms with Crippen LogP contribution in [0.5, 0.6) is 0 Å². The molecular weight excluding hydrogens is 270 g/mol. The maximum absolute atomic E-state index is 3.60. The van der Waals surface area contributed by atoms with Crippen molar-refractivity contribution in [2.75, 3.05) is 18.6 Å². The Balaban J connectivity index is 1.99. The van der Waals surface area contributed by atoms with Crippen molar-refractivity contribution in [1.82, 2.24) is 4.90 Å². The molecule has 82 valence electrons. The van der Waals surface area contributed by atoms with Crippen LogP contribution in [0.1, 0.15) is 12.0 Å². The highest BCUT2D eigenvalue weighted by Crippen LogP contribution is 2.24. The van der Waals surface area contributed by atoms with Crippen molar-refractivity contribution >= 4 is 27.7 Å². The van der Waals surface area contributed by atoms with E-state index in [0.717, 1.165) is 12.6 Å². The van der Waals surface area contributed by atoms with Gasteiger partial charge in [-0.2, -0.15) is 11.8 Å². The van der Waals surface area contributed by atoms with Crippen molar-refractivity contribution in [3.8, 4) is 0 Å². The minimum atomic E-state index is 0.766. The quantitative estimate of drug-likeness (QED) is 0.838. The lowest BCUT2D eigenvalue weighted by Gasteiger charge is -2.23. The number of hydrogen-bond donors (Lipinski definition) is 0. The number of hydrogen-bond acceptors (Lipinski definition) is 2. The molecule has 15 heavy (non-hydrogen) atoms. The first kappa shape index (κ1) is 11.5. The molecule has 0 spiro atoms. The van der Waals surface area contributed by atoms with E-state index in [2.05, 4.69) is 63.9 Å². The van der Waals surface area contributed by atoms with Crippen LogP contribution in [0, 0.1) is 0 Å². The van der Waals surface area contributed by atoms with E-state index in [-0.39, 0.29) is 0 Å².